The summed E-state index contributed by atoms with van der Waals surface area (Å²) in [4.78, 5) is 0. The van der Waals surface area contributed by atoms with E-state index in [1.807, 2.05) is 0 Å². The molecule has 0 rings (SSSR count). The van der Waals surface area contributed by atoms with E-state index < -0.39 is 62.5 Å². The molecule has 0 saturated heterocycles. The molecule has 0 bridgehead atoms. The van der Waals surface area contributed by atoms with E-state index >= 15 is 0 Å². The molecule has 0 amide bonds. The molecule has 0 aromatic heterocycles. The first-order valence-corrected chi connectivity index (χ1v) is 9.68. The molecule has 0 radical (unpaired) electrons. The van der Waals surface area contributed by atoms with Crippen molar-refractivity contribution in [1.82, 2.24) is 0 Å². The Morgan fingerprint density at radius 3 is 0.880 bits per heavy atom. The van der Waals surface area contributed by atoms with Gasteiger partial charge in [-0.25, -0.2) is 0 Å². The van der Waals surface area contributed by atoms with Crippen LogP contribution < -0.4 is 0 Å². The lowest BCUT2D eigenvalue weighted by molar-refractivity contribution is -0.241. The lowest BCUT2D eigenvalue weighted by Gasteiger charge is -2.35. The molecular weight excluding hydrogens is 454 g/mol. The fraction of sp³-hybridized carbons (Fsp3) is 0.833. The van der Waals surface area contributed by atoms with E-state index in [0.717, 1.165) is 0 Å². The first-order valence-electron chi connectivity index (χ1n) is 4.82. The Morgan fingerprint density at radius 1 is 0.560 bits per heavy atom. The van der Waals surface area contributed by atoms with Crippen molar-refractivity contribution >= 4 is 29.5 Å². The van der Waals surface area contributed by atoms with Gasteiger partial charge in [-0.05, 0) is 0 Å². The minimum atomic E-state index is -8.11. The predicted octanol–water partition coefficient (Wildman–Crippen LogP) is 1.62. The van der Waals surface area contributed by atoms with Gasteiger partial charge in [-0.1, -0.05) is 0 Å². The maximum absolute atomic E-state index is 12.9. The third-order valence-corrected chi connectivity index (χ3v) is 9.82. The lowest BCUT2D eigenvalue weighted by atomic mass is 10.7. The first kappa shape index (κ1) is 24.1. The molecule has 6 nitrogen and oxygen atoms in total. The summed E-state index contributed by atoms with van der Waals surface area (Å²) in [6, 6.07) is 0. The van der Waals surface area contributed by atoms with Crippen LogP contribution in [0.15, 0.2) is 0 Å². The van der Waals surface area contributed by atoms with E-state index in [1.54, 1.807) is 0 Å². The Hall–Kier alpha value is -0.850. The van der Waals surface area contributed by atoms with Crippen molar-refractivity contribution in [2.45, 2.75) is 22.9 Å². The summed E-state index contributed by atoms with van der Waals surface area (Å²) in [5.74, 6) is 0. The average Bonchev–Trinajstić information content (AvgIpc) is 2.21. The summed E-state index contributed by atoms with van der Waals surface area (Å²) >= 11 is 0. The molecule has 25 heavy (non-hydrogen) atoms. The topological polar surface area (TPSA) is 102 Å². The fourth-order valence-corrected chi connectivity index (χ4v) is 7.69. The summed E-state index contributed by atoms with van der Waals surface area (Å²) < 4.78 is 186. The van der Waals surface area contributed by atoms with E-state index in [4.69, 9.17) is 0 Å². The van der Waals surface area contributed by atoms with Gasteiger partial charge in [0.15, 0.2) is 0 Å². The number of alkyl halides is 10. The molecule has 0 atom stereocenters. The fourth-order valence-electron chi connectivity index (χ4n) is 1.06. The molecule has 0 heterocycles. The predicted molar refractivity (Wildman–Crippen MR) is 57.9 cm³/mol. The molecule has 0 aliphatic heterocycles. The van der Waals surface area contributed by atoms with Crippen molar-refractivity contribution < 1.29 is 69.2 Å². The van der Waals surface area contributed by atoms with Crippen molar-refractivity contribution in [1.29, 1.82) is 0 Å². The van der Waals surface area contributed by atoms with Crippen molar-refractivity contribution in [3.05, 3.63) is 3.91 Å². The van der Waals surface area contributed by atoms with E-state index in [1.165, 1.54) is 0 Å². The Bertz CT molecular complexity index is 775. The highest BCUT2D eigenvalue weighted by atomic mass is 32.3. The number of halogens is 10. The number of hydrogen-bond acceptors (Lipinski definition) is 6. The highest BCUT2D eigenvalue weighted by Gasteiger charge is 2.72. The quantitative estimate of drug-likeness (QED) is 0.459. The highest BCUT2D eigenvalue weighted by Crippen LogP contribution is 2.51. The normalized spacial score (nSPS) is 16.3. The first-order chi connectivity index (χ1) is 10.4. The molecule has 0 unspecified atom stereocenters. The second-order valence-corrected chi connectivity index (χ2v) is 10.6. The minimum absolute atomic E-state index is 0.768. The number of rotatable bonds is 5. The Morgan fingerprint density at radius 2 is 0.760 bits per heavy atom. The molecule has 0 fully saturated rings. The van der Waals surface area contributed by atoms with Crippen LogP contribution in [0.3, 0.4) is 0 Å². The van der Waals surface area contributed by atoms with E-state index in [-0.39, 0.29) is 0 Å². The summed E-state index contributed by atoms with van der Waals surface area (Å²) in [7, 11) is -22.7. The van der Waals surface area contributed by atoms with Crippen LogP contribution in [0.1, 0.15) is 0 Å². The van der Waals surface area contributed by atoms with Gasteiger partial charge in [-0.15, -0.1) is 0 Å². The van der Waals surface area contributed by atoms with Crippen molar-refractivity contribution in [3.63, 3.8) is 0 Å². The molecule has 0 aromatic rings. The van der Waals surface area contributed by atoms with Crippen molar-refractivity contribution in [2.75, 3.05) is 6.26 Å². The van der Waals surface area contributed by atoms with Crippen LogP contribution in [0.5, 0.6) is 0 Å². The maximum Gasteiger partial charge on any atom is 0.466 e. The van der Waals surface area contributed by atoms with Crippen molar-refractivity contribution in [3.8, 4) is 0 Å². The summed E-state index contributed by atoms with van der Waals surface area (Å²) in [5.41, 5.74) is 0. The number of sulfone groups is 3. The molecule has 0 saturated carbocycles. The van der Waals surface area contributed by atoms with E-state index in [0.29, 0.717) is 0 Å². The second-order valence-electron chi connectivity index (χ2n) is 4.06. The summed E-state index contributed by atoms with van der Waals surface area (Å²) in [5, 5.41) is -14.6. The van der Waals surface area contributed by atoms with Gasteiger partial charge in [0.1, 0.15) is 19.7 Å². The largest absolute Gasteiger partial charge is 0.466 e. The summed E-state index contributed by atoms with van der Waals surface area (Å²) in [6.07, 6.45) is -15.3. The maximum atomic E-state index is 12.9. The molecule has 0 aromatic carbocycles. The van der Waals surface area contributed by atoms with Gasteiger partial charge in [0.25, 0.3) is 0 Å². The van der Waals surface area contributed by atoms with Crippen LogP contribution in [0.25, 0.3) is 0 Å². The standard InChI is InChI=1S/C6H3F10O6S3/c1-23(17,18)2(24(19,20)5(13,14)3(7,8)9)25(21,22)6(15,16)4(10,11)12/h1H3/q-1. The van der Waals surface area contributed by atoms with Crippen LogP contribution in [-0.4, -0.2) is 54.4 Å². The molecule has 0 spiro atoms. The van der Waals surface area contributed by atoms with Crippen molar-refractivity contribution in [2.24, 2.45) is 0 Å². The molecule has 0 N–H and O–H groups in total. The monoisotopic (exact) mass is 457 g/mol. The number of hydrogen-bond donors (Lipinski definition) is 0. The van der Waals surface area contributed by atoms with Gasteiger partial charge >= 0.3 is 22.9 Å². The lowest BCUT2D eigenvalue weighted by Crippen LogP contribution is -2.54. The van der Waals surface area contributed by atoms with Gasteiger partial charge in [0, 0.05) is 6.26 Å². The van der Waals surface area contributed by atoms with Crippen LogP contribution in [0, 0.1) is 3.91 Å². The van der Waals surface area contributed by atoms with E-state index in [9.17, 15) is 69.2 Å². The zero-order valence-corrected chi connectivity index (χ0v) is 13.4. The Balaban J connectivity index is 7.09. The third-order valence-electron chi connectivity index (χ3n) is 2.08. The van der Waals surface area contributed by atoms with Gasteiger partial charge in [0.2, 0.25) is 0 Å². The van der Waals surface area contributed by atoms with Crippen LogP contribution in [0.2, 0.25) is 0 Å². The smallest absolute Gasteiger partial charge is 0.260 e. The zero-order chi connectivity index (χ0) is 21.1. The van der Waals surface area contributed by atoms with Crippen LogP contribution in [-0.2, 0) is 29.5 Å². The average molecular weight is 457 g/mol. The Labute approximate surface area is 132 Å². The molecule has 0 aliphatic rings. The third kappa shape index (κ3) is 3.67. The molecular formula is C6H3F10O6S3-. The van der Waals surface area contributed by atoms with Crippen LogP contribution in [0.4, 0.5) is 43.9 Å². The summed E-state index contributed by atoms with van der Waals surface area (Å²) in [6.45, 7) is 0. The SMILES string of the molecule is CS(=O)(=O)[C-](S(=O)(=O)C(F)(F)C(F)(F)F)S(=O)(=O)C(F)(F)C(F)(F)F. The van der Waals surface area contributed by atoms with Crippen LogP contribution >= 0.6 is 0 Å². The van der Waals surface area contributed by atoms with Gasteiger partial charge in [0.05, 0.1) is 13.8 Å². The molecule has 0 aliphatic carbocycles. The molecule has 19 heteroatoms. The van der Waals surface area contributed by atoms with Gasteiger partial charge in [-0.2, -0.15) is 43.9 Å². The second kappa shape index (κ2) is 5.83. The minimum Gasteiger partial charge on any atom is -0.260 e. The van der Waals surface area contributed by atoms with Gasteiger partial charge in [-0.3, -0.25) is 25.3 Å². The van der Waals surface area contributed by atoms with Gasteiger partial charge < -0.3 is 0 Å². The Kier molecular flexibility index (Phi) is 5.63. The van der Waals surface area contributed by atoms with E-state index in [2.05, 4.69) is 0 Å². The zero-order valence-electron chi connectivity index (χ0n) is 11.0. The highest BCUT2D eigenvalue weighted by molar-refractivity contribution is 8.29. The molecule has 152 valence electrons.